The summed E-state index contributed by atoms with van der Waals surface area (Å²) >= 11 is 11.6. The molecule has 0 radical (unpaired) electrons. The number of halogens is 2. The number of rotatable bonds is 2. The number of hydrogen-bond donors (Lipinski definition) is 2. The molecule has 0 bridgehead atoms. The predicted molar refractivity (Wildman–Crippen MR) is 80.0 cm³/mol. The number of hydrogen-bond acceptors (Lipinski definition) is 3. The average Bonchev–Trinajstić information content (AvgIpc) is 2.42. The lowest BCUT2D eigenvalue weighted by atomic mass is 10.1. The van der Waals surface area contributed by atoms with Crippen molar-refractivity contribution in [2.24, 2.45) is 0 Å². The largest absolute Gasteiger partial charge is 0.398 e. The highest BCUT2D eigenvalue weighted by Gasteiger charge is 2.11. The quantitative estimate of drug-likeness (QED) is 0.830. The Hall–Kier alpha value is -2.22. The van der Waals surface area contributed by atoms with Crippen LogP contribution in [0.4, 0.5) is 11.4 Å². The van der Waals surface area contributed by atoms with E-state index in [1.165, 1.54) is 24.3 Å². The zero-order valence-corrected chi connectivity index (χ0v) is 11.7. The minimum Gasteiger partial charge on any atom is -0.398 e. The van der Waals surface area contributed by atoms with Crippen LogP contribution in [-0.2, 0) is 0 Å². The average molecular weight is 306 g/mol. The third-order valence-corrected chi connectivity index (χ3v) is 3.19. The second-order valence-corrected chi connectivity index (χ2v) is 4.84. The summed E-state index contributed by atoms with van der Waals surface area (Å²) in [6.45, 7) is 0. The van der Waals surface area contributed by atoms with Gasteiger partial charge in [0.25, 0.3) is 5.91 Å². The van der Waals surface area contributed by atoms with Crippen molar-refractivity contribution in [1.29, 1.82) is 5.26 Å². The molecule has 1 amide bonds. The molecule has 2 aromatic rings. The molecular formula is C14H9Cl2N3O. The first-order valence-electron chi connectivity index (χ1n) is 5.57. The normalized spacial score (nSPS) is 9.85. The van der Waals surface area contributed by atoms with Crippen molar-refractivity contribution in [3.8, 4) is 6.07 Å². The Bertz CT molecular complexity index is 723. The molecule has 2 aromatic carbocycles. The van der Waals surface area contributed by atoms with E-state index in [2.05, 4.69) is 5.32 Å². The molecule has 0 aliphatic rings. The fraction of sp³-hybridized carbons (Fsp3) is 0. The summed E-state index contributed by atoms with van der Waals surface area (Å²) in [5, 5.41) is 12.4. The first-order valence-corrected chi connectivity index (χ1v) is 6.33. The number of anilines is 2. The van der Waals surface area contributed by atoms with E-state index >= 15 is 0 Å². The Kier molecular flexibility index (Phi) is 4.14. The van der Waals surface area contributed by atoms with Crippen LogP contribution in [0, 0.1) is 11.3 Å². The molecule has 100 valence electrons. The van der Waals surface area contributed by atoms with Crippen molar-refractivity contribution in [3.05, 3.63) is 57.6 Å². The molecule has 4 nitrogen and oxygen atoms in total. The molecule has 0 saturated carbocycles. The Labute approximate surface area is 125 Å². The van der Waals surface area contributed by atoms with Crippen LogP contribution in [0.5, 0.6) is 0 Å². The standard InChI is InChI=1S/C14H9Cl2N3O/c15-10-3-1-9(7-17)13(6-10)19-14(20)8-2-4-11(16)12(18)5-8/h1-6H,18H2,(H,19,20). The van der Waals surface area contributed by atoms with E-state index < -0.39 is 5.91 Å². The summed E-state index contributed by atoms with van der Waals surface area (Å²) in [6.07, 6.45) is 0. The van der Waals surface area contributed by atoms with Gasteiger partial charge >= 0.3 is 0 Å². The Morgan fingerprint density at radius 2 is 1.95 bits per heavy atom. The van der Waals surface area contributed by atoms with Gasteiger partial charge in [-0.15, -0.1) is 0 Å². The Morgan fingerprint density at radius 3 is 2.60 bits per heavy atom. The lowest BCUT2D eigenvalue weighted by Gasteiger charge is -2.08. The van der Waals surface area contributed by atoms with E-state index in [1.54, 1.807) is 12.1 Å². The summed E-state index contributed by atoms with van der Waals surface area (Å²) < 4.78 is 0. The first kappa shape index (κ1) is 14.2. The summed E-state index contributed by atoms with van der Waals surface area (Å²) in [4.78, 5) is 12.1. The predicted octanol–water partition coefficient (Wildman–Crippen LogP) is 3.70. The SMILES string of the molecule is N#Cc1ccc(Cl)cc1NC(=O)c1ccc(Cl)c(N)c1. The minimum absolute atomic E-state index is 0.311. The molecule has 0 fully saturated rings. The zero-order valence-electron chi connectivity index (χ0n) is 10.2. The Balaban J connectivity index is 2.30. The second kappa shape index (κ2) is 5.83. The summed E-state index contributed by atoms with van der Waals surface area (Å²) in [6, 6.07) is 11.2. The van der Waals surface area contributed by atoms with E-state index in [4.69, 9.17) is 34.2 Å². The van der Waals surface area contributed by atoms with Crippen molar-refractivity contribution >= 4 is 40.5 Å². The zero-order chi connectivity index (χ0) is 14.7. The summed E-state index contributed by atoms with van der Waals surface area (Å²) in [5.74, 6) is -0.396. The van der Waals surface area contributed by atoms with Gasteiger partial charge in [0, 0.05) is 10.6 Å². The highest BCUT2D eigenvalue weighted by Crippen LogP contribution is 2.23. The van der Waals surface area contributed by atoms with E-state index in [9.17, 15) is 4.79 Å². The van der Waals surface area contributed by atoms with Crippen LogP contribution in [-0.4, -0.2) is 5.91 Å². The molecule has 0 spiro atoms. The van der Waals surface area contributed by atoms with E-state index in [1.807, 2.05) is 6.07 Å². The third kappa shape index (κ3) is 3.02. The van der Waals surface area contributed by atoms with Gasteiger partial charge in [0.15, 0.2) is 0 Å². The monoisotopic (exact) mass is 305 g/mol. The van der Waals surface area contributed by atoms with Gasteiger partial charge in [0.2, 0.25) is 0 Å². The van der Waals surface area contributed by atoms with E-state index in [-0.39, 0.29) is 0 Å². The maximum atomic E-state index is 12.1. The Morgan fingerprint density at radius 1 is 1.20 bits per heavy atom. The summed E-state index contributed by atoms with van der Waals surface area (Å²) in [7, 11) is 0. The molecule has 0 unspecified atom stereocenters. The molecule has 3 N–H and O–H groups in total. The number of nitrogens with two attached hydrogens (primary N) is 1. The fourth-order valence-electron chi connectivity index (χ4n) is 1.60. The maximum absolute atomic E-state index is 12.1. The third-order valence-electron chi connectivity index (χ3n) is 2.61. The molecule has 0 saturated heterocycles. The van der Waals surface area contributed by atoms with Gasteiger partial charge < -0.3 is 11.1 Å². The molecule has 0 aromatic heterocycles. The van der Waals surface area contributed by atoms with Crippen molar-refractivity contribution in [2.75, 3.05) is 11.1 Å². The fourth-order valence-corrected chi connectivity index (χ4v) is 1.89. The number of nitrogen functional groups attached to an aromatic ring is 1. The molecule has 0 aliphatic carbocycles. The molecule has 0 atom stereocenters. The molecular weight excluding hydrogens is 297 g/mol. The van der Waals surface area contributed by atoms with Gasteiger partial charge in [-0.2, -0.15) is 5.26 Å². The van der Waals surface area contributed by atoms with Gasteiger partial charge in [-0.3, -0.25) is 4.79 Å². The number of nitrogens with zero attached hydrogens (tertiary/aromatic N) is 1. The highest BCUT2D eigenvalue weighted by molar-refractivity contribution is 6.33. The number of carbonyl (C=O) groups is 1. The van der Waals surface area contributed by atoms with Crippen LogP contribution in [0.25, 0.3) is 0 Å². The molecule has 2 rings (SSSR count). The van der Waals surface area contributed by atoms with E-state index in [0.717, 1.165) is 0 Å². The highest BCUT2D eigenvalue weighted by atomic mass is 35.5. The maximum Gasteiger partial charge on any atom is 0.255 e. The van der Waals surface area contributed by atoms with Gasteiger partial charge in [-0.25, -0.2) is 0 Å². The van der Waals surface area contributed by atoms with Gasteiger partial charge in [0.1, 0.15) is 6.07 Å². The van der Waals surface area contributed by atoms with Crippen molar-refractivity contribution in [2.45, 2.75) is 0 Å². The second-order valence-electron chi connectivity index (χ2n) is 3.99. The number of carbonyl (C=O) groups excluding carboxylic acids is 1. The van der Waals surface area contributed by atoms with Crippen molar-refractivity contribution in [3.63, 3.8) is 0 Å². The molecule has 0 aliphatic heterocycles. The summed E-state index contributed by atoms with van der Waals surface area (Å²) in [5.41, 5.74) is 6.97. The van der Waals surface area contributed by atoms with Crippen LogP contribution in [0.1, 0.15) is 15.9 Å². The lowest BCUT2D eigenvalue weighted by molar-refractivity contribution is 0.102. The van der Waals surface area contributed by atoms with Crippen molar-refractivity contribution < 1.29 is 4.79 Å². The van der Waals surface area contributed by atoms with Crippen LogP contribution in [0.15, 0.2) is 36.4 Å². The van der Waals surface area contributed by atoms with Crippen LogP contribution >= 0.6 is 23.2 Å². The molecule has 0 heterocycles. The van der Waals surface area contributed by atoms with Gasteiger partial charge in [-0.1, -0.05) is 23.2 Å². The minimum atomic E-state index is -0.396. The number of nitrogens with one attached hydrogen (secondary N) is 1. The molecule has 20 heavy (non-hydrogen) atoms. The smallest absolute Gasteiger partial charge is 0.255 e. The molecule has 6 heteroatoms. The lowest BCUT2D eigenvalue weighted by Crippen LogP contribution is -2.13. The number of amides is 1. The first-order chi connectivity index (χ1) is 9.51. The number of benzene rings is 2. The number of nitriles is 1. The van der Waals surface area contributed by atoms with E-state index in [0.29, 0.717) is 32.5 Å². The van der Waals surface area contributed by atoms with Crippen LogP contribution in [0.3, 0.4) is 0 Å². The van der Waals surface area contributed by atoms with Crippen LogP contribution in [0.2, 0.25) is 10.0 Å². The van der Waals surface area contributed by atoms with Gasteiger partial charge in [0.05, 0.1) is 22.0 Å². The van der Waals surface area contributed by atoms with Gasteiger partial charge in [-0.05, 0) is 36.4 Å². The van der Waals surface area contributed by atoms with Crippen LogP contribution < -0.4 is 11.1 Å². The topological polar surface area (TPSA) is 78.9 Å². The van der Waals surface area contributed by atoms with Crippen molar-refractivity contribution in [1.82, 2.24) is 0 Å².